The van der Waals surface area contributed by atoms with Gasteiger partial charge in [-0.15, -0.1) is 0 Å². The van der Waals surface area contributed by atoms with E-state index in [4.69, 9.17) is 19.3 Å². The van der Waals surface area contributed by atoms with E-state index in [0.717, 1.165) is 32.3 Å². The molecule has 0 saturated carbocycles. The van der Waals surface area contributed by atoms with Crippen molar-refractivity contribution in [3.63, 3.8) is 0 Å². The van der Waals surface area contributed by atoms with Crippen LogP contribution in [0.25, 0.3) is 0 Å². The molecule has 2 heterocycles. The van der Waals surface area contributed by atoms with E-state index >= 15 is 0 Å². The Balaban J connectivity index is 1.64. The number of rotatable bonds is 5. The molecule has 2 aliphatic heterocycles. The Morgan fingerprint density at radius 3 is 2.89 bits per heavy atom. The maximum atomic E-state index is 9.72. The van der Waals surface area contributed by atoms with Gasteiger partial charge < -0.3 is 24.4 Å². The van der Waals surface area contributed by atoms with Gasteiger partial charge in [-0.1, -0.05) is 6.92 Å². The summed E-state index contributed by atoms with van der Waals surface area (Å²) < 4.78 is 16.7. The van der Waals surface area contributed by atoms with Crippen molar-refractivity contribution in [2.75, 3.05) is 19.8 Å². The smallest absolute Gasteiger partial charge is 0.189 e. The summed E-state index contributed by atoms with van der Waals surface area (Å²) in [7, 11) is 0. The number of hydrogen-bond acceptors (Lipinski definition) is 5. The van der Waals surface area contributed by atoms with Crippen LogP contribution in [-0.4, -0.2) is 48.2 Å². The molecular weight excluding hydrogens is 236 g/mol. The second kappa shape index (κ2) is 6.30. The predicted octanol–water partition coefficient (Wildman–Crippen LogP) is 1.03. The third-order valence-corrected chi connectivity index (χ3v) is 3.76. The van der Waals surface area contributed by atoms with E-state index < -0.39 is 5.79 Å². The fraction of sp³-hybridized carbons (Fsp3) is 1.00. The molecule has 2 rings (SSSR count). The lowest BCUT2D eigenvalue weighted by Gasteiger charge is -2.29. The lowest BCUT2D eigenvalue weighted by molar-refractivity contribution is -0.221. The lowest BCUT2D eigenvalue weighted by atomic mass is 10.0. The van der Waals surface area contributed by atoms with Gasteiger partial charge in [0.05, 0.1) is 19.3 Å². The lowest BCUT2D eigenvalue weighted by Crippen LogP contribution is -2.34. The summed E-state index contributed by atoms with van der Waals surface area (Å²) >= 11 is 0. The van der Waals surface area contributed by atoms with E-state index in [-0.39, 0.29) is 19.0 Å². The molecule has 2 fully saturated rings. The minimum atomic E-state index is -1.33. The normalized spacial score (nSPS) is 41.2. The maximum absolute atomic E-state index is 9.72. The molecule has 0 aromatic carbocycles. The summed E-state index contributed by atoms with van der Waals surface area (Å²) in [6, 6.07) is 0. The van der Waals surface area contributed by atoms with Gasteiger partial charge in [0.25, 0.3) is 0 Å². The molecule has 0 aliphatic carbocycles. The van der Waals surface area contributed by atoms with Crippen molar-refractivity contribution in [1.82, 2.24) is 0 Å². The van der Waals surface area contributed by atoms with E-state index in [0.29, 0.717) is 18.9 Å². The molecule has 5 nitrogen and oxygen atoms in total. The molecule has 0 unspecified atom stereocenters. The van der Waals surface area contributed by atoms with Crippen LogP contribution >= 0.6 is 0 Å². The SMILES string of the molecule is C[C@@H]1CCCO[C@H]1OCC[C@@H]1CC[C@](O)(CO)O1. The van der Waals surface area contributed by atoms with Crippen molar-refractivity contribution in [2.24, 2.45) is 5.92 Å². The van der Waals surface area contributed by atoms with Crippen molar-refractivity contribution >= 4 is 0 Å². The van der Waals surface area contributed by atoms with E-state index in [2.05, 4.69) is 6.92 Å². The van der Waals surface area contributed by atoms with Gasteiger partial charge in [-0.05, 0) is 25.7 Å². The molecule has 18 heavy (non-hydrogen) atoms. The molecule has 0 aromatic rings. The average Bonchev–Trinajstić information content (AvgIpc) is 2.75. The monoisotopic (exact) mass is 260 g/mol. The highest BCUT2D eigenvalue weighted by molar-refractivity contribution is 4.78. The number of aliphatic hydroxyl groups is 2. The van der Waals surface area contributed by atoms with Crippen LogP contribution < -0.4 is 0 Å². The molecule has 2 aliphatic rings. The third kappa shape index (κ3) is 3.65. The molecule has 106 valence electrons. The highest BCUT2D eigenvalue weighted by atomic mass is 16.7. The first kappa shape index (κ1) is 14.2. The van der Waals surface area contributed by atoms with Gasteiger partial charge in [-0.3, -0.25) is 0 Å². The number of aliphatic hydroxyl groups excluding tert-OH is 1. The molecule has 0 amide bonds. The summed E-state index contributed by atoms with van der Waals surface area (Å²) in [5.74, 6) is -0.892. The largest absolute Gasteiger partial charge is 0.391 e. The highest BCUT2D eigenvalue weighted by Gasteiger charge is 2.37. The average molecular weight is 260 g/mol. The van der Waals surface area contributed by atoms with E-state index in [1.165, 1.54) is 0 Å². The molecule has 2 N–H and O–H groups in total. The van der Waals surface area contributed by atoms with Gasteiger partial charge in [-0.2, -0.15) is 0 Å². The van der Waals surface area contributed by atoms with Crippen molar-refractivity contribution in [2.45, 2.75) is 57.2 Å². The fourth-order valence-electron chi connectivity index (χ4n) is 2.57. The molecule has 0 bridgehead atoms. The minimum absolute atomic E-state index is 0.0268. The van der Waals surface area contributed by atoms with Gasteiger partial charge in [0.2, 0.25) is 0 Å². The van der Waals surface area contributed by atoms with Crippen LogP contribution in [0.5, 0.6) is 0 Å². The van der Waals surface area contributed by atoms with Crippen molar-refractivity contribution < 1.29 is 24.4 Å². The van der Waals surface area contributed by atoms with Gasteiger partial charge in [-0.25, -0.2) is 0 Å². The standard InChI is InChI=1S/C13H24O5/c1-10-3-2-7-16-12(10)17-8-5-11-4-6-13(15,9-14)18-11/h10-12,14-15H,2-9H2,1H3/t10-,11+,12+,13-/m1/s1. The molecule has 0 spiro atoms. The van der Waals surface area contributed by atoms with Crippen LogP contribution in [0.4, 0.5) is 0 Å². The minimum Gasteiger partial charge on any atom is -0.391 e. The van der Waals surface area contributed by atoms with Crippen LogP contribution in [-0.2, 0) is 14.2 Å². The second-order valence-electron chi connectivity index (χ2n) is 5.40. The molecule has 5 heteroatoms. The Kier molecular flexibility index (Phi) is 4.98. The van der Waals surface area contributed by atoms with Crippen LogP contribution in [0.1, 0.15) is 39.0 Å². The Morgan fingerprint density at radius 1 is 1.39 bits per heavy atom. The van der Waals surface area contributed by atoms with Gasteiger partial charge >= 0.3 is 0 Å². The summed E-state index contributed by atoms with van der Waals surface area (Å²) in [6.07, 6.45) is 4.12. The number of hydrogen-bond donors (Lipinski definition) is 2. The van der Waals surface area contributed by atoms with Gasteiger partial charge in [0, 0.05) is 18.9 Å². The van der Waals surface area contributed by atoms with E-state index in [9.17, 15) is 5.11 Å². The Morgan fingerprint density at radius 2 is 2.22 bits per heavy atom. The van der Waals surface area contributed by atoms with Crippen molar-refractivity contribution in [1.29, 1.82) is 0 Å². The first-order valence-corrected chi connectivity index (χ1v) is 6.87. The first-order valence-electron chi connectivity index (χ1n) is 6.87. The van der Waals surface area contributed by atoms with Crippen LogP contribution in [0, 0.1) is 5.92 Å². The topological polar surface area (TPSA) is 68.2 Å². The zero-order valence-corrected chi connectivity index (χ0v) is 11.0. The zero-order valence-electron chi connectivity index (χ0n) is 11.0. The first-order chi connectivity index (χ1) is 8.63. The highest BCUT2D eigenvalue weighted by Crippen LogP contribution is 2.29. The number of ether oxygens (including phenoxy) is 3. The molecule has 2 saturated heterocycles. The third-order valence-electron chi connectivity index (χ3n) is 3.76. The summed E-state index contributed by atoms with van der Waals surface area (Å²) in [5, 5.41) is 18.7. The Hall–Kier alpha value is -0.200. The fourth-order valence-corrected chi connectivity index (χ4v) is 2.57. The molecule has 0 radical (unpaired) electrons. The van der Waals surface area contributed by atoms with Crippen LogP contribution in [0.2, 0.25) is 0 Å². The van der Waals surface area contributed by atoms with E-state index in [1.54, 1.807) is 0 Å². The Labute approximate surface area is 108 Å². The van der Waals surface area contributed by atoms with Gasteiger partial charge in [0.15, 0.2) is 12.1 Å². The molecule has 0 aromatic heterocycles. The maximum Gasteiger partial charge on any atom is 0.189 e. The molecular formula is C13H24O5. The van der Waals surface area contributed by atoms with Crippen LogP contribution in [0.3, 0.4) is 0 Å². The quantitative estimate of drug-likeness (QED) is 0.772. The summed E-state index contributed by atoms with van der Waals surface area (Å²) in [6.45, 7) is 3.15. The molecule has 4 atom stereocenters. The van der Waals surface area contributed by atoms with Crippen LogP contribution in [0.15, 0.2) is 0 Å². The van der Waals surface area contributed by atoms with Crippen molar-refractivity contribution in [3.05, 3.63) is 0 Å². The second-order valence-corrected chi connectivity index (χ2v) is 5.40. The summed E-state index contributed by atoms with van der Waals surface area (Å²) in [4.78, 5) is 0. The van der Waals surface area contributed by atoms with Crippen molar-refractivity contribution in [3.8, 4) is 0 Å². The zero-order chi connectivity index (χ0) is 13.0. The Bertz CT molecular complexity index is 260. The predicted molar refractivity (Wildman–Crippen MR) is 64.8 cm³/mol. The van der Waals surface area contributed by atoms with Gasteiger partial charge in [0.1, 0.15) is 0 Å². The summed E-state index contributed by atoms with van der Waals surface area (Å²) in [5.41, 5.74) is 0. The van der Waals surface area contributed by atoms with E-state index in [1.807, 2.05) is 0 Å².